The van der Waals surface area contributed by atoms with Crippen molar-refractivity contribution in [2.75, 3.05) is 27.9 Å². The van der Waals surface area contributed by atoms with Crippen LogP contribution in [0.3, 0.4) is 0 Å². The Labute approximate surface area is 107 Å². The van der Waals surface area contributed by atoms with Crippen molar-refractivity contribution >= 4 is 5.91 Å². The highest BCUT2D eigenvalue weighted by Gasteiger charge is 2.11. The molecule has 0 unspecified atom stereocenters. The fourth-order valence-corrected chi connectivity index (χ4v) is 1.54. The van der Waals surface area contributed by atoms with Crippen LogP contribution in [0, 0.1) is 6.92 Å². The first-order chi connectivity index (χ1) is 8.60. The Bertz CT molecular complexity index is 402. The van der Waals surface area contributed by atoms with Crippen LogP contribution < -0.4 is 10.1 Å². The molecular weight excluding hydrogens is 234 g/mol. The average Bonchev–Trinajstić information content (AvgIpc) is 2.38. The molecule has 5 nitrogen and oxygen atoms in total. The Morgan fingerprint density at radius 1 is 1.22 bits per heavy atom. The van der Waals surface area contributed by atoms with Crippen LogP contribution in [0.1, 0.15) is 15.9 Å². The number of carbonyl (C=O) groups excluding carboxylic acids is 1. The molecule has 0 heterocycles. The van der Waals surface area contributed by atoms with Gasteiger partial charge in [0.1, 0.15) is 5.75 Å². The minimum Gasteiger partial charge on any atom is -0.497 e. The van der Waals surface area contributed by atoms with E-state index in [4.69, 9.17) is 14.2 Å². The molecule has 0 saturated carbocycles. The Morgan fingerprint density at radius 3 is 2.44 bits per heavy atom. The van der Waals surface area contributed by atoms with Gasteiger partial charge in [0.05, 0.1) is 13.7 Å². The SMILES string of the molecule is COc1cc(C)cc(C(=O)NCC(OC)OC)c1. The smallest absolute Gasteiger partial charge is 0.251 e. The lowest BCUT2D eigenvalue weighted by molar-refractivity contribution is -0.0974. The summed E-state index contributed by atoms with van der Waals surface area (Å²) in [4.78, 5) is 11.9. The zero-order valence-electron chi connectivity index (χ0n) is 11.1. The summed E-state index contributed by atoms with van der Waals surface area (Å²) in [6.45, 7) is 2.20. The molecule has 5 heteroatoms. The van der Waals surface area contributed by atoms with Crippen LogP contribution in [0.15, 0.2) is 18.2 Å². The quantitative estimate of drug-likeness (QED) is 0.778. The van der Waals surface area contributed by atoms with E-state index < -0.39 is 6.29 Å². The molecule has 100 valence electrons. The molecule has 0 aliphatic rings. The van der Waals surface area contributed by atoms with Crippen LogP contribution >= 0.6 is 0 Å². The van der Waals surface area contributed by atoms with Crippen LogP contribution in [0.25, 0.3) is 0 Å². The Morgan fingerprint density at radius 2 is 1.89 bits per heavy atom. The molecular formula is C13H19NO4. The number of benzene rings is 1. The molecule has 1 rings (SSSR count). The Balaban J connectivity index is 2.69. The van der Waals surface area contributed by atoms with Gasteiger partial charge in [0.15, 0.2) is 6.29 Å². The second-order valence-corrected chi connectivity index (χ2v) is 3.85. The van der Waals surface area contributed by atoms with Crippen LogP contribution in [-0.4, -0.2) is 40.1 Å². The Hall–Kier alpha value is -1.59. The van der Waals surface area contributed by atoms with E-state index in [1.54, 1.807) is 19.2 Å². The molecule has 1 N–H and O–H groups in total. The number of hydrogen-bond donors (Lipinski definition) is 1. The predicted molar refractivity (Wildman–Crippen MR) is 67.9 cm³/mol. The van der Waals surface area contributed by atoms with Crippen LogP contribution in [-0.2, 0) is 9.47 Å². The molecule has 18 heavy (non-hydrogen) atoms. The van der Waals surface area contributed by atoms with Crippen molar-refractivity contribution < 1.29 is 19.0 Å². The minimum absolute atomic E-state index is 0.184. The summed E-state index contributed by atoms with van der Waals surface area (Å²) in [6, 6.07) is 5.35. The van der Waals surface area contributed by atoms with Gasteiger partial charge in [-0.25, -0.2) is 0 Å². The number of amides is 1. The van der Waals surface area contributed by atoms with Crippen molar-refractivity contribution in [3.63, 3.8) is 0 Å². The summed E-state index contributed by atoms with van der Waals surface area (Å²) < 4.78 is 15.1. The Kier molecular flexibility index (Phi) is 5.61. The first kappa shape index (κ1) is 14.5. The molecule has 1 aromatic rings. The maximum atomic E-state index is 11.9. The van der Waals surface area contributed by atoms with E-state index in [-0.39, 0.29) is 5.91 Å². The van der Waals surface area contributed by atoms with E-state index in [0.29, 0.717) is 17.9 Å². The minimum atomic E-state index is -0.444. The third-order valence-corrected chi connectivity index (χ3v) is 2.50. The van der Waals surface area contributed by atoms with Crippen molar-refractivity contribution in [3.8, 4) is 5.75 Å². The van der Waals surface area contributed by atoms with Crippen molar-refractivity contribution in [2.45, 2.75) is 13.2 Å². The summed E-state index contributed by atoms with van der Waals surface area (Å²) in [6.07, 6.45) is -0.444. The van der Waals surface area contributed by atoms with Gasteiger partial charge in [0.25, 0.3) is 5.91 Å². The molecule has 0 radical (unpaired) electrons. The molecule has 0 atom stereocenters. The second kappa shape index (κ2) is 6.98. The number of methoxy groups -OCH3 is 3. The zero-order valence-corrected chi connectivity index (χ0v) is 11.1. The van der Waals surface area contributed by atoms with Crippen molar-refractivity contribution in [3.05, 3.63) is 29.3 Å². The number of ether oxygens (including phenoxy) is 3. The summed E-state index contributed by atoms with van der Waals surface area (Å²) in [5.41, 5.74) is 1.52. The lowest BCUT2D eigenvalue weighted by Crippen LogP contribution is -2.34. The van der Waals surface area contributed by atoms with Crippen LogP contribution in [0.4, 0.5) is 0 Å². The second-order valence-electron chi connectivity index (χ2n) is 3.85. The first-order valence-corrected chi connectivity index (χ1v) is 5.60. The number of carbonyl (C=O) groups is 1. The lowest BCUT2D eigenvalue weighted by atomic mass is 10.1. The number of aryl methyl sites for hydroxylation is 1. The van der Waals surface area contributed by atoms with E-state index in [0.717, 1.165) is 5.56 Å². The average molecular weight is 253 g/mol. The standard InChI is InChI=1S/C13H19NO4/c1-9-5-10(7-11(6-9)16-2)13(15)14-8-12(17-3)18-4/h5-7,12H,8H2,1-4H3,(H,14,15). The normalized spacial score (nSPS) is 10.5. The number of nitrogens with one attached hydrogen (secondary N) is 1. The van der Waals surface area contributed by atoms with Gasteiger partial charge in [-0.15, -0.1) is 0 Å². The van der Waals surface area contributed by atoms with E-state index in [9.17, 15) is 4.79 Å². The maximum Gasteiger partial charge on any atom is 0.251 e. The van der Waals surface area contributed by atoms with Gasteiger partial charge in [0.2, 0.25) is 0 Å². The molecule has 1 aromatic carbocycles. The van der Waals surface area contributed by atoms with Gasteiger partial charge < -0.3 is 19.5 Å². The van der Waals surface area contributed by atoms with Gasteiger partial charge in [-0.1, -0.05) is 0 Å². The maximum absolute atomic E-state index is 11.9. The molecule has 0 aromatic heterocycles. The largest absolute Gasteiger partial charge is 0.497 e. The van der Waals surface area contributed by atoms with Gasteiger partial charge >= 0.3 is 0 Å². The highest BCUT2D eigenvalue weighted by atomic mass is 16.7. The molecule has 1 amide bonds. The van der Waals surface area contributed by atoms with E-state index in [1.165, 1.54) is 14.2 Å². The summed E-state index contributed by atoms with van der Waals surface area (Å²) in [5.74, 6) is 0.478. The molecule has 0 spiro atoms. The van der Waals surface area contributed by atoms with Crippen molar-refractivity contribution in [2.24, 2.45) is 0 Å². The fourth-order valence-electron chi connectivity index (χ4n) is 1.54. The number of rotatable bonds is 6. The van der Waals surface area contributed by atoms with Crippen LogP contribution in [0.5, 0.6) is 5.75 Å². The molecule has 0 saturated heterocycles. The molecule has 0 aliphatic carbocycles. The highest BCUT2D eigenvalue weighted by Crippen LogP contribution is 2.16. The highest BCUT2D eigenvalue weighted by molar-refractivity contribution is 5.94. The third-order valence-electron chi connectivity index (χ3n) is 2.50. The van der Waals surface area contributed by atoms with E-state index >= 15 is 0 Å². The van der Waals surface area contributed by atoms with Gasteiger partial charge in [-0.05, 0) is 30.7 Å². The topological polar surface area (TPSA) is 56.8 Å². The molecule has 0 bridgehead atoms. The van der Waals surface area contributed by atoms with Gasteiger partial charge in [0, 0.05) is 19.8 Å². The fraction of sp³-hybridized carbons (Fsp3) is 0.462. The van der Waals surface area contributed by atoms with Crippen molar-refractivity contribution in [1.29, 1.82) is 0 Å². The molecule has 0 fully saturated rings. The van der Waals surface area contributed by atoms with Crippen molar-refractivity contribution in [1.82, 2.24) is 5.32 Å². The van der Waals surface area contributed by atoms with E-state index in [2.05, 4.69) is 5.32 Å². The number of hydrogen-bond acceptors (Lipinski definition) is 4. The summed E-state index contributed by atoms with van der Waals surface area (Å²) >= 11 is 0. The van der Waals surface area contributed by atoms with Gasteiger partial charge in [-0.3, -0.25) is 4.79 Å². The summed E-state index contributed by atoms with van der Waals surface area (Å²) in [5, 5.41) is 2.73. The van der Waals surface area contributed by atoms with E-state index in [1.807, 2.05) is 13.0 Å². The third kappa shape index (κ3) is 4.01. The molecule has 0 aliphatic heterocycles. The monoisotopic (exact) mass is 253 g/mol. The first-order valence-electron chi connectivity index (χ1n) is 5.60. The van der Waals surface area contributed by atoms with Gasteiger partial charge in [-0.2, -0.15) is 0 Å². The lowest BCUT2D eigenvalue weighted by Gasteiger charge is -2.14. The zero-order chi connectivity index (χ0) is 13.5. The predicted octanol–water partition coefficient (Wildman–Crippen LogP) is 1.35. The summed E-state index contributed by atoms with van der Waals surface area (Å²) in [7, 11) is 4.62. The van der Waals surface area contributed by atoms with Crippen LogP contribution in [0.2, 0.25) is 0 Å².